The number of H-pyrrole nitrogens is 1. The Bertz CT molecular complexity index is 531. The predicted octanol–water partition coefficient (Wildman–Crippen LogP) is 3.04. The van der Waals surface area contributed by atoms with E-state index in [1.807, 2.05) is 24.3 Å². The molecule has 0 bridgehead atoms. The summed E-state index contributed by atoms with van der Waals surface area (Å²) in [4.78, 5) is 7.80. The van der Waals surface area contributed by atoms with Gasteiger partial charge in [-0.3, -0.25) is 0 Å². The van der Waals surface area contributed by atoms with Gasteiger partial charge in [0.2, 0.25) is 0 Å². The van der Waals surface area contributed by atoms with Crippen molar-refractivity contribution in [3.8, 4) is 0 Å². The highest BCUT2D eigenvalue weighted by Crippen LogP contribution is 2.32. The largest absolute Gasteiger partial charge is 0.411 e. The molecular formula is C12H13N3OS. The Labute approximate surface area is 103 Å². The minimum Gasteiger partial charge on any atom is -0.411 e. The van der Waals surface area contributed by atoms with Crippen LogP contribution in [0.4, 0.5) is 0 Å². The summed E-state index contributed by atoms with van der Waals surface area (Å²) in [5.41, 5.74) is 2.92. The van der Waals surface area contributed by atoms with Crippen LogP contribution >= 0.6 is 11.8 Å². The van der Waals surface area contributed by atoms with Crippen molar-refractivity contribution in [1.82, 2.24) is 9.97 Å². The van der Waals surface area contributed by atoms with Crippen molar-refractivity contribution < 1.29 is 5.21 Å². The van der Waals surface area contributed by atoms with E-state index in [0.29, 0.717) is 0 Å². The molecule has 1 unspecified atom stereocenters. The van der Waals surface area contributed by atoms with Gasteiger partial charge in [0.05, 0.1) is 22.0 Å². The van der Waals surface area contributed by atoms with Crippen molar-refractivity contribution in [1.29, 1.82) is 0 Å². The van der Waals surface area contributed by atoms with Gasteiger partial charge in [-0.25, -0.2) is 4.98 Å². The van der Waals surface area contributed by atoms with E-state index in [0.717, 1.165) is 41.2 Å². The Balaban J connectivity index is 1.85. The van der Waals surface area contributed by atoms with Gasteiger partial charge in [-0.2, -0.15) is 0 Å². The molecule has 1 heterocycles. The van der Waals surface area contributed by atoms with E-state index in [2.05, 4.69) is 15.1 Å². The number of fused-ring (bicyclic) bond motifs is 1. The van der Waals surface area contributed by atoms with Crippen LogP contribution < -0.4 is 0 Å². The lowest BCUT2D eigenvalue weighted by Gasteiger charge is -2.05. The molecule has 1 atom stereocenters. The summed E-state index contributed by atoms with van der Waals surface area (Å²) in [5.74, 6) is 0. The zero-order chi connectivity index (χ0) is 11.7. The summed E-state index contributed by atoms with van der Waals surface area (Å²) in [7, 11) is 0. The molecule has 1 saturated carbocycles. The molecule has 1 aromatic heterocycles. The molecule has 1 fully saturated rings. The molecule has 2 aromatic rings. The highest BCUT2D eigenvalue weighted by atomic mass is 32.2. The number of hydrogen-bond acceptors (Lipinski definition) is 4. The van der Waals surface area contributed by atoms with Gasteiger partial charge in [0, 0.05) is 0 Å². The molecule has 88 valence electrons. The fourth-order valence-electron chi connectivity index (χ4n) is 2.16. The number of benzene rings is 1. The van der Waals surface area contributed by atoms with Crippen molar-refractivity contribution >= 4 is 28.5 Å². The molecule has 1 aliphatic rings. The van der Waals surface area contributed by atoms with Crippen LogP contribution in [0.3, 0.4) is 0 Å². The van der Waals surface area contributed by atoms with Crippen molar-refractivity contribution in [3.63, 3.8) is 0 Å². The lowest BCUT2D eigenvalue weighted by Crippen LogP contribution is -2.08. The van der Waals surface area contributed by atoms with Gasteiger partial charge in [-0.05, 0) is 31.4 Å². The van der Waals surface area contributed by atoms with Crippen molar-refractivity contribution in [2.24, 2.45) is 5.16 Å². The van der Waals surface area contributed by atoms with Crippen LogP contribution in [0.5, 0.6) is 0 Å². The summed E-state index contributed by atoms with van der Waals surface area (Å²) in [5, 5.41) is 13.4. The van der Waals surface area contributed by atoms with Gasteiger partial charge in [0.25, 0.3) is 0 Å². The molecule has 4 nitrogen and oxygen atoms in total. The first-order valence-corrected chi connectivity index (χ1v) is 6.57. The average Bonchev–Trinajstić information content (AvgIpc) is 2.94. The molecule has 0 radical (unpaired) electrons. The number of nitrogens with zero attached hydrogens (tertiary/aromatic N) is 2. The second-order valence-electron chi connectivity index (χ2n) is 4.15. The summed E-state index contributed by atoms with van der Waals surface area (Å²) >= 11 is 1.65. The van der Waals surface area contributed by atoms with Gasteiger partial charge >= 0.3 is 0 Å². The summed E-state index contributed by atoms with van der Waals surface area (Å²) in [6.45, 7) is 0. The smallest absolute Gasteiger partial charge is 0.167 e. The minimum atomic E-state index is 0.264. The molecule has 0 amide bonds. The molecule has 0 aliphatic heterocycles. The van der Waals surface area contributed by atoms with E-state index in [-0.39, 0.29) is 5.25 Å². The third-order valence-corrected chi connectivity index (χ3v) is 4.23. The van der Waals surface area contributed by atoms with Crippen molar-refractivity contribution in [2.75, 3.05) is 0 Å². The van der Waals surface area contributed by atoms with Gasteiger partial charge < -0.3 is 10.2 Å². The topological polar surface area (TPSA) is 61.3 Å². The zero-order valence-electron chi connectivity index (χ0n) is 9.26. The van der Waals surface area contributed by atoms with E-state index in [1.54, 1.807) is 11.8 Å². The van der Waals surface area contributed by atoms with Crippen LogP contribution in [0.2, 0.25) is 0 Å². The Morgan fingerprint density at radius 1 is 1.41 bits per heavy atom. The SMILES string of the molecule is ON=C1CCCC1Sc1nc2ccccc2[nH]1. The monoisotopic (exact) mass is 247 g/mol. The molecule has 0 spiro atoms. The number of imidazole rings is 1. The number of aromatic amines is 1. The highest BCUT2D eigenvalue weighted by molar-refractivity contribution is 8.00. The number of nitrogens with one attached hydrogen (secondary N) is 1. The van der Waals surface area contributed by atoms with Crippen LogP contribution in [-0.4, -0.2) is 26.1 Å². The minimum absolute atomic E-state index is 0.264. The normalized spacial score (nSPS) is 22.6. The number of oxime groups is 1. The summed E-state index contributed by atoms with van der Waals surface area (Å²) < 4.78 is 0. The number of thioether (sulfide) groups is 1. The van der Waals surface area contributed by atoms with Crippen LogP contribution in [0.1, 0.15) is 19.3 Å². The Kier molecular flexibility index (Phi) is 2.76. The van der Waals surface area contributed by atoms with Gasteiger partial charge in [-0.1, -0.05) is 29.1 Å². The van der Waals surface area contributed by atoms with E-state index >= 15 is 0 Å². The van der Waals surface area contributed by atoms with Crippen LogP contribution in [0, 0.1) is 0 Å². The summed E-state index contributed by atoms with van der Waals surface area (Å²) in [6.07, 6.45) is 3.05. The zero-order valence-corrected chi connectivity index (χ0v) is 10.1. The Hall–Kier alpha value is -1.49. The second-order valence-corrected chi connectivity index (χ2v) is 5.34. The van der Waals surface area contributed by atoms with Crippen LogP contribution in [-0.2, 0) is 0 Å². The van der Waals surface area contributed by atoms with E-state index in [4.69, 9.17) is 5.21 Å². The first-order chi connectivity index (χ1) is 8.36. The summed E-state index contributed by atoms with van der Waals surface area (Å²) in [6, 6.07) is 7.98. The maximum absolute atomic E-state index is 8.90. The van der Waals surface area contributed by atoms with Crippen molar-refractivity contribution in [3.05, 3.63) is 24.3 Å². The van der Waals surface area contributed by atoms with Crippen LogP contribution in [0.15, 0.2) is 34.6 Å². The fraction of sp³-hybridized carbons (Fsp3) is 0.333. The molecule has 1 aromatic carbocycles. The molecule has 17 heavy (non-hydrogen) atoms. The molecule has 1 aliphatic carbocycles. The third-order valence-electron chi connectivity index (χ3n) is 3.02. The van der Waals surface area contributed by atoms with Crippen LogP contribution in [0.25, 0.3) is 11.0 Å². The average molecular weight is 247 g/mol. The quantitative estimate of drug-likeness (QED) is 0.633. The second kappa shape index (κ2) is 4.41. The van der Waals surface area contributed by atoms with Gasteiger partial charge in [0.15, 0.2) is 5.16 Å². The van der Waals surface area contributed by atoms with Crippen molar-refractivity contribution in [2.45, 2.75) is 29.7 Å². The first-order valence-electron chi connectivity index (χ1n) is 5.69. The number of rotatable bonds is 2. The first kappa shape index (κ1) is 10.7. The fourth-order valence-corrected chi connectivity index (χ4v) is 3.33. The molecule has 5 heteroatoms. The van der Waals surface area contributed by atoms with E-state index in [9.17, 15) is 0 Å². The molecule has 2 N–H and O–H groups in total. The molecule has 0 saturated heterocycles. The number of aromatic nitrogens is 2. The highest BCUT2D eigenvalue weighted by Gasteiger charge is 2.25. The molecular weight excluding hydrogens is 234 g/mol. The standard InChI is InChI=1S/C12H13N3OS/c16-15-10-6-3-7-11(10)17-12-13-8-4-1-2-5-9(8)14-12/h1-2,4-5,11,16H,3,6-7H2,(H,13,14). The Morgan fingerprint density at radius 3 is 3.12 bits per heavy atom. The number of hydrogen-bond donors (Lipinski definition) is 2. The lowest BCUT2D eigenvalue weighted by atomic mass is 10.3. The Morgan fingerprint density at radius 2 is 2.29 bits per heavy atom. The van der Waals surface area contributed by atoms with E-state index in [1.165, 1.54) is 0 Å². The maximum Gasteiger partial charge on any atom is 0.167 e. The number of para-hydroxylation sites is 2. The van der Waals surface area contributed by atoms with Gasteiger partial charge in [0.1, 0.15) is 0 Å². The predicted molar refractivity (Wildman–Crippen MR) is 68.8 cm³/mol. The molecule has 3 rings (SSSR count). The maximum atomic E-state index is 8.90. The third kappa shape index (κ3) is 2.02. The van der Waals surface area contributed by atoms with E-state index < -0.39 is 0 Å². The van der Waals surface area contributed by atoms with Gasteiger partial charge in [-0.15, -0.1) is 0 Å². The lowest BCUT2D eigenvalue weighted by molar-refractivity contribution is 0.317.